The smallest absolute Gasteiger partial charge is 0.329 e. The Morgan fingerprint density at radius 3 is 2.30 bits per heavy atom. The van der Waals surface area contributed by atoms with Gasteiger partial charge in [-0.2, -0.15) is 0 Å². The van der Waals surface area contributed by atoms with Crippen molar-refractivity contribution in [2.75, 3.05) is 20.3 Å². The number of aliphatic hydroxyl groups is 4. The second-order valence-electron chi connectivity index (χ2n) is 21.3. The molecule has 5 rings (SSSR count). The van der Waals surface area contributed by atoms with Gasteiger partial charge in [-0.1, -0.05) is 101 Å². The molecule has 15 atom stereocenters. The number of hydrogen-bond acceptors (Lipinski definition) is 13. The van der Waals surface area contributed by atoms with Gasteiger partial charge in [-0.3, -0.25) is 19.2 Å². The van der Waals surface area contributed by atoms with E-state index >= 15 is 0 Å². The molecular formula is C57H83NO13. The van der Waals surface area contributed by atoms with Crippen LogP contribution in [0, 0.1) is 35.5 Å². The van der Waals surface area contributed by atoms with Gasteiger partial charge in [0.2, 0.25) is 5.79 Å². The van der Waals surface area contributed by atoms with Gasteiger partial charge < -0.3 is 44.3 Å². The third kappa shape index (κ3) is 16.2. The molecule has 0 spiro atoms. The molecule has 2 bridgehead atoms. The van der Waals surface area contributed by atoms with Crippen molar-refractivity contribution < 1.29 is 63.3 Å². The van der Waals surface area contributed by atoms with Gasteiger partial charge >= 0.3 is 5.97 Å². The number of carbonyl (C=O) groups excluding carboxylic acids is 5. The normalized spacial score (nSPS) is 37.4. The zero-order valence-corrected chi connectivity index (χ0v) is 43.5. The first kappa shape index (κ1) is 57.7. The highest BCUT2D eigenvalue weighted by atomic mass is 16.6. The van der Waals surface area contributed by atoms with Crippen LogP contribution in [-0.4, -0.2) is 123 Å². The summed E-state index contributed by atoms with van der Waals surface area (Å²) in [6, 6.07) is 7.98. The van der Waals surface area contributed by atoms with Gasteiger partial charge in [-0.25, -0.2) is 4.79 Å². The molecule has 394 valence electrons. The number of rotatable bonds is 8. The number of benzene rings is 1. The number of ether oxygens (including phenoxy) is 4. The fourth-order valence-electron chi connectivity index (χ4n) is 10.7. The lowest BCUT2D eigenvalue weighted by Gasteiger charge is -2.43. The van der Waals surface area contributed by atoms with Crippen molar-refractivity contribution in [1.29, 1.82) is 0 Å². The fourth-order valence-corrected chi connectivity index (χ4v) is 10.7. The fraction of sp³-hybridized carbons (Fsp3) is 0.667. The number of esters is 1. The highest BCUT2D eigenvalue weighted by Gasteiger charge is 2.53. The van der Waals surface area contributed by atoms with Crippen LogP contribution in [0.1, 0.15) is 144 Å². The number of methoxy groups -OCH3 is 1. The van der Waals surface area contributed by atoms with E-state index < -0.39 is 77.9 Å². The molecule has 4 N–H and O–H groups in total. The minimum Gasteiger partial charge on any atom is -0.460 e. The monoisotopic (exact) mass is 990 g/mol. The molecule has 4 aliphatic rings. The van der Waals surface area contributed by atoms with Crippen LogP contribution >= 0.6 is 0 Å². The number of piperidine rings is 1. The molecule has 1 aliphatic carbocycles. The summed E-state index contributed by atoms with van der Waals surface area (Å²) in [5.41, 5.74) is 1.95. The second kappa shape index (κ2) is 27.2. The van der Waals surface area contributed by atoms with E-state index in [1.54, 1.807) is 34.0 Å². The first-order chi connectivity index (χ1) is 33.7. The minimum atomic E-state index is -2.50. The molecule has 3 heterocycles. The minimum absolute atomic E-state index is 0.0391. The van der Waals surface area contributed by atoms with E-state index in [9.17, 15) is 44.4 Å². The number of ketones is 3. The lowest BCUT2D eigenvalue weighted by atomic mass is 9.78. The van der Waals surface area contributed by atoms with Gasteiger partial charge in [0.1, 0.15) is 29.8 Å². The van der Waals surface area contributed by atoms with Gasteiger partial charge in [0.05, 0.1) is 37.1 Å². The highest BCUT2D eigenvalue weighted by molar-refractivity contribution is 6.39. The third-order valence-electron chi connectivity index (χ3n) is 15.5. The number of aliphatic hydroxyl groups excluding tert-OH is 3. The van der Waals surface area contributed by atoms with Crippen molar-refractivity contribution >= 4 is 29.2 Å². The van der Waals surface area contributed by atoms with E-state index in [2.05, 4.69) is 0 Å². The van der Waals surface area contributed by atoms with Crippen LogP contribution in [0.15, 0.2) is 77.9 Å². The summed E-state index contributed by atoms with van der Waals surface area (Å²) in [6.45, 7) is 12.7. The average molecular weight is 990 g/mol. The van der Waals surface area contributed by atoms with E-state index in [0.29, 0.717) is 62.5 Å². The van der Waals surface area contributed by atoms with Crippen LogP contribution in [0.5, 0.6) is 0 Å². The molecule has 3 aliphatic heterocycles. The topological polar surface area (TPSA) is 206 Å². The van der Waals surface area contributed by atoms with E-state index in [1.807, 2.05) is 88.4 Å². The van der Waals surface area contributed by atoms with Crippen molar-refractivity contribution in [1.82, 2.24) is 4.90 Å². The Balaban J connectivity index is 1.46. The van der Waals surface area contributed by atoms with Crippen molar-refractivity contribution in [2.24, 2.45) is 35.5 Å². The molecule has 2 unspecified atom stereocenters. The molecule has 2 saturated heterocycles. The number of hydrogen-bond donors (Lipinski definition) is 4. The molecule has 71 heavy (non-hydrogen) atoms. The maximum absolute atomic E-state index is 14.5. The maximum Gasteiger partial charge on any atom is 0.329 e. The molecule has 1 aromatic rings. The van der Waals surface area contributed by atoms with E-state index in [0.717, 1.165) is 12.0 Å². The molecule has 0 radical (unpaired) electrons. The zero-order chi connectivity index (χ0) is 52.0. The van der Waals surface area contributed by atoms with Crippen molar-refractivity contribution in [2.45, 2.75) is 186 Å². The number of nitrogens with zero attached hydrogens (tertiary/aromatic N) is 1. The molecular weight excluding hydrogens is 907 g/mol. The van der Waals surface area contributed by atoms with Gasteiger partial charge in [0, 0.05) is 50.7 Å². The Morgan fingerprint density at radius 2 is 1.58 bits per heavy atom. The molecule has 1 saturated carbocycles. The molecule has 1 amide bonds. The number of carbonyl (C=O) groups is 5. The number of fused-ring (bicyclic) bond motifs is 3. The van der Waals surface area contributed by atoms with E-state index in [4.69, 9.17) is 18.9 Å². The SMILES string of the molecule is CO[C@@H]1C[C@H](C[C@@H](C)[C@@H]2CC(=O)[C@H](C)/C=C(\C)[C@@H](O)CC(=O)[C@H](C)C[C@H](C)/C=C/C=C/C=C(\C)C(OC[C@H](O)c3ccccc3)C[C@@H]3CC[C@@H](C)[C@@](O)(O3)C(=O)C(=O)N3CCCCC3C(=O)O2)CC[C@H]1O. The van der Waals surface area contributed by atoms with Crippen LogP contribution in [0.25, 0.3) is 0 Å². The third-order valence-corrected chi connectivity index (χ3v) is 15.5. The number of amides is 1. The number of Topliss-reactive ketones (excluding diaryl/α,β-unsaturated/α-hetero) is 3. The standard InChI is InChI=1S/C57H83NO13/c1-35-17-11-9-12-18-36(2)51(69-34-50(63)43-19-13-10-14-20-43)31-44-24-22-41(7)57(67,71-44)54(64)55(65)58-26-16-15-21-45(58)56(66)70-52(40(6)29-42-23-25-46(59)53(30-42)68-8)33-49(62)39(5)28-38(4)48(61)32-47(60)37(3)27-35/h9-14,17-20,28,35,37,39-42,44-46,48,50-53,59,61,63,67H,15-16,21-27,29-34H2,1-8H3/b12-9+,17-11+,36-18+,38-28+/t35-,37-,39-,40-,41-,42+,44+,45?,46-,48+,50+,51?,52+,53-,57-/m1/s1. The molecule has 0 aromatic heterocycles. The van der Waals surface area contributed by atoms with Gasteiger partial charge in [-0.05, 0) is 113 Å². The van der Waals surface area contributed by atoms with Crippen molar-refractivity contribution in [3.8, 4) is 0 Å². The average Bonchev–Trinajstić information content (AvgIpc) is 3.35. The van der Waals surface area contributed by atoms with Crippen LogP contribution in [0.3, 0.4) is 0 Å². The van der Waals surface area contributed by atoms with E-state index in [-0.39, 0.29) is 80.2 Å². The first-order valence-electron chi connectivity index (χ1n) is 26.2. The summed E-state index contributed by atoms with van der Waals surface area (Å²) in [4.78, 5) is 72.0. The Labute approximate surface area is 421 Å². The van der Waals surface area contributed by atoms with Gasteiger partial charge in [-0.15, -0.1) is 0 Å². The quantitative estimate of drug-likeness (QED) is 0.112. The highest BCUT2D eigenvalue weighted by Crippen LogP contribution is 2.38. The molecule has 3 fully saturated rings. The summed E-state index contributed by atoms with van der Waals surface area (Å²) < 4.78 is 24.5. The summed E-state index contributed by atoms with van der Waals surface area (Å²) in [7, 11) is 1.57. The van der Waals surface area contributed by atoms with Crippen LogP contribution in [0.4, 0.5) is 0 Å². The Bertz CT molecular complexity index is 2070. The molecule has 1 aromatic carbocycles. The summed E-state index contributed by atoms with van der Waals surface area (Å²) in [5.74, 6) is -7.80. The van der Waals surface area contributed by atoms with Gasteiger partial charge in [0.25, 0.3) is 11.7 Å². The van der Waals surface area contributed by atoms with Crippen LogP contribution < -0.4 is 0 Å². The predicted molar refractivity (Wildman–Crippen MR) is 269 cm³/mol. The van der Waals surface area contributed by atoms with Crippen LogP contribution in [-0.2, 0) is 42.9 Å². The Hall–Kier alpha value is -4.15. The Kier molecular flexibility index (Phi) is 22.1. The molecule has 14 nitrogen and oxygen atoms in total. The van der Waals surface area contributed by atoms with Gasteiger partial charge in [0.15, 0.2) is 0 Å². The summed E-state index contributed by atoms with van der Waals surface area (Å²) in [6.07, 6.45) is 11.0. The van der Waals surface area contributed by atoms with Crippen LogP contribution in [0.2, 0.25) is 0 Å². The summed E-state index contributed by atoms with van der Waals surface area (Å²) in [5, 5.41) is 44.9. The molecule has 14 heteroatoms. The number of cyclic esters (lactones) is 1. The largest absolute Gasteiger partial charge is 0.460 e. The van der Waals surface area contributed by atoms with Crippen molar-refractivity contribution in [3.63, 3.8) is 0 Å². The van der Waals surface area contributed by atoms with Crippen molar-refractivity contribution in [3.05, 3.63) is 83.5 Å². The summed E-state index contributed by atoms with van der Waals surface area (Å²) >= 11 is 0. The second-order valence-corrected chi connectivity index (χ2v) is 21.3. The lowest BCUT2D eigenvalue weighted by Crippen LogP contribution is -2.61. The first-order valence-corrected chi connectivity index (χ1v) is 26.2. The number of allylic oxidation sites excluding steroid dienone is 6. The predicted octanol–water partition coefficient (Wildman–Crippen LogP) is 7.66. The Morgan fingerprint density at radius 1 is 0.845 bits per heavy atom. The van der Waals surface area contributed by atoms with E-state index in [1.165, 1.54) is 4.90 Å². The zero-order valence-electron chi connectivity index (χ0n) is 43.5. The maximum atomic E-state index is 14.5. The lowest BCUT2D eigenvalue weighted by molar-refractivity contribution is -0.266.